The lowest BCUT2D eigenvalue weighted by molar-refractivity contribution is -0.116. The van der Waals surface area contributed by atoms with E-state index in [1.807, 2.05) is 92.7 Å². The molecule has 0 bridgehead atoms. The number of carbonyl (C=O) groups is 2. The number of nitrogens with one attached hydrogen (secondary N) is 2. The van der Waals surface area contributed by atoms with Crippen molar-refractivity contribution < 1.29 is 14.3 Å². The molecule has 8 nitrogen and oxygen atoms in total. The van der Waals surface area contributed by atoms with E-state index in [-0.39, 0.29) is 18.5 Å². The van der Waals surface area contributed by atoms with Crippen LogP contribution in [0.2, 0.25) is 0 Å². The van der Waals surface area contributed by atoms with Gasteiger partial charge in [0.1, 0.15) is 18.1 Å². The molecular formula is C32H37N5O3. The fraction of sp³-hybridized carbons (Fsp3) is 0.281. The van der Waals surface area contributed by atoms with Crippen molar-refractivity contribution in [2.24, 2.45) is 0 Å². The predicted octanol–water partition coefficient (Wildman–Crippen LogP) is 6.86. The molecule has 1 heterocycles. The quantitative estimate of drug-likeness (QED) is 0.230. The number of hydrogen-bond acceptors (Lipinski definition) is 4. The summed E-state index contributed by atoms with van der Waals surface area (Å²) in [6, 6.07) is 24.8. The van der Waals surface area contributed by atoms with E-state index >= 15 is 0 Å². The zero-order chi connectivity index (χ0) is 28.6. The molecule has 208 valence electrons. The largest absolute Gasteiger partial charge is 0.497 e. The molecular weight excluding hydrogens is 502 g/mol. The molecule has 0 aliphatic carbocycles. The second-order valence-electron chi connectivity index (χ2n) is 9.96. The second kappa shape index (κ2) is 13.0. The Morgan fingerprint density at radius 2 is 1.62 bits per heavy atom. The number of urea groups is 1. The van der Waals surface area contributed by atoms with Gasteiger partial charge in [-0.15, -0.1) is 0 Å². The average Bonchev–Trinajstić information content (AvgIpc) is 3.28. The van der Waals surface area contributed by atoms with Crippen LogP contribution >= 0.6 is 0 Å². The Kier molecular flexibility index (Phi) is 9.22. The first-order valence-corrected chi connectivity index (χ1v) is 13.6. The maximum Gasteiger partial charge on any atom is 0.322 e. The first kappa shape index (κ1) is 28.4. The van der Waals surface area contributed by atoms with Crippen molar-refractivity contribution in [2.75, 3.05) is 30.8 Å². The highest BCUT2D eigenvalue weighted by atomic mass is 16.5. The van der Waals surface area contributed by atoms with E-state index in [2.05, 4.69) is 24.5 Å². The van der Waals surface area contributed by atoms with Gasteiger partial charge >= 0.3 is 6.03 Å². The van der Waals surface area contributed by atoms with E-state index in [0.29, 0.717) is 30.4 Å². The Hall–Kier alpha value is -4.59. The monoisotopic (exact) mass is 539 g/mol. The maximum atomic E-state index is 13.5. The van der Waals surface area contributed by atoms with E-state index in [4.69, 9.17) is 9.84 Å². The number of carbonyl (C=O) groups excluding carboxylic acids is 2. The lowest BCUT2D eigenvalue weighted by atomic mass is 10.0. The van der Waals surface area contributed by atoms with Crippen molar-refractivity contribution in [1.29, 1.82) is 0 Å². The Morgan fingerprint density at radius 1 is 0.950 bits per heavy atom. The standard InChI is InChI=1S/C32H37N5O3/c1-6-20-36(32(39)33-26-14-12-24(13-15-26)22(2)3)21-29(38)34-31-30(25-10-8-7-9-11-25)23(4)35-37(31)27-16-18-28(40-5)19-17-27/h7-19,22H,6,20-21H2,1-5H3,(H,33,39)(H,34,38). The molecule has 2 N–H and O–H groups in total. The van der Waals surface area contributed by atoms with Crippen molar-refractivity contribution in [3.8, 4) is 22.6 Å². The van der Waals surface area contributed by atoms with Crippen molar-refractivity contribution >= 4 is 23.4 Å². The van der Waals surface area contributed by atoms with Crippen molar-refractivity contribution in [1.82, 2.24) is 14.7 Å². The molecule has 0 saturated carbocycles. The lowest BCUT2D eigenvalue weighted by Crippen LogP contribution is -2.41. The molecule has 0 aliphatic heterocycles. The normalized spacial score (nSPS) is 10.8. The zero-order valence-electron chi connectivity index (χ0n) is 23.8. The van der Waals surface area contributed by atoms with Crippen LogP contribution in [-0.4, -0.2) is 46.8 Å². The van der Waals surface area contributed by atoms with E-state index in [0.717, 1.165) is 28.3 Å². The number of aryl methyl sites for hydroxylation is 1. The Labute approximate surface area is 236 Å². The van der Waals surface area contributed by atoms with Crippen molar-refractivity contribution in [3.05, 3.63) is 90.1 Å². The van der Waals surface area contributed by atoms with Crippen LogP contribution in [0, 0.1) is 6.92 Å². The SMILES string of the molecule is CCCN(CC(=O)Nc1c(-c2ccccc2)c(C)nn1-c1ccc(OC)cc1)C(=O)Nc1ccc(C(C)C)cc1. The summed E-state index contributed by atoms with van der Waals surface area (Å²) in [4.78, 5) is 28.1. The number of nitrogens with zero attached hydrogens (tertiary/aromatic N) is 3. The Balaban J connectivity index is 1.59. The molecule has 4 aromatic rings. The first-order chi connectivity index (χ1) is 19.3. The van der Waals surface area contributed by atoms with Gasteiger partial charge in [-0.25, -0.2) is 9.48 Å². The molecule has 8 heteroatoms. The molecule has 3 amide bonds. The minimum Gasteiger partial charge on any atom is -0.497 e. The molecule has 40 heavy (non-hydrogen) atoms. The summed E-state index contributed by atoms with van der Waals surface area (Å²) in [5, 5.41) is 10.8. The summed E-state index contributed by atoms with van der Waals surface area (Å²) in [6.07, 6.45) is 0.713. The van der Waals surface area contributed by atoms with Gasteiger partial charge in [-0.05, 0) is 66.8 Å². The number of amides is 3. The highest BCUT2D eigenvalue weighted by molar-refractivity contribution is 5.99. The third kappa shape index (κ3) is 6.69. The topological polar surface area (TPSA) is 88.5 Å². The van der Waals surface area contributed by atoms with Gasteiger partial charge in [0.25, 0.3) is 0 Å². The molecule has 0 atom stereocenters. The highest BCUT2D eigenvalue weighted by Gasteiger charge is 2.23. The second-order valence-corrected chi connectivity index (χ2v) is 9.96. The number of ether oxygens (including phenoxy) is 1. The first-order valence-electron chi connectivity index (χ1n) is 13.6. The fourth-order valence-electron chi connectivity index (χ4n) is 4.52. The number of rotatable bonds is 10. The minimum absolute atomic E-state index is 0.106. The molecule has 3 aromatic carbocycles. The number of anilines is 2. The number of benzene rings is 3. The third-order valence-corrected chi connectivity index (χ3v) is 6.64. The van der Waals surface area contributed by atoms with E-state index in [9.17, 15) is 9.59 Å². The van der Waals surface area contributed by atoms with Crippen LogP contribution in [0.25, 0.3) is 16.8 Å². The van der Waals surface area contributed by atoms with E-state index in [1.54, 1.807) is 11.8 Å². The number of hydrogen-bond donors (Lipinski definition) is 2. The third-order valence-electron chi connectivity index (χ3n) is 6.64. The van der Waals surface area contributed by atoms with Crippen LogP contribution in [0.15, 0.2) is 78.9 Å². The maximum absolute atomic E-state index is 13.5. The van der Waals surface area contributed by atoms with Gasteiger partial charge in [0.2, 0.25) is 5.91 Å². The Bertz CT molecular complexity index is 1430. The van der Waals surface area contributed by atoms with E-state index < -0.39 is 0 Å². The van der Waals surface area contributed by atoms with Gasteiger partial charge in [-0.1, -0.05) is 63.2 Å². The van der Waals surface area contributed by atoms with E-state index in [1.165, 1.54) is 10.5 Å². The summed E-state index contributed by atoms with van der Waals surface area (Å²) in [6.45, 7) is 8.47. The van der Waals surface area contributed by atoms with Gasteiger partial charge in [0.15, 0.2) is 0 Å². The molecule has 0 unspecified atom stereocenters. The van der Waals surface area contributed by atoms with Gasteiger partial charge in [0, 0.05) is 17.8 Å². The fourth-order valence-corrected chi connectivity index (χ4v) is 4.52. The molecule has 1 aromatic heterocycles. The van der Waals surface area contributed by atoms with Crippen molar-refractivity contribution in [3.63, 3.8) is 0 Å². The lowest BCUT2D eigenvalue weighted by Gasteiger charge is -2.22. The van der Waals surface area contributed by atoms with Gasteiger partial charge < -0.3 is 20.3 Å². The predicted molar refractivity (Wildman–Crippen MR) is 160 cm³/mol. The van der Waals surface area contributed by atoms with Gasteiger partial charge in [-0.3, -0.25) is 4.79 Å². The zero-order valence-corrected chi connectivity index (χ0v) is 23.8. The smallest absolute Gasteiger partial charge is 0.322 e. The molecule has 4 rings (SSSR count). The summed E-state index contributed by atoms with van der Waals surface area (Å²) in [7, 11) is 1.62. The molecule has 0 fully saturated rings. The molecule has 0 saturated heterocycles. The van der Waals surface area contributed by atoms with Crippen LogP contribution in [0.4, 0.5) is 16.3 Å². The van der Waals surface area contributed by atoms with Crippen LogP contribution in [-0.2, 0) is 4.79 Å². The molecule has 0 spiro atoms. The number of methoxy groups -OCH3 is 1. The van der Waals surface area contributed by atoms with Gasteiger partial charge in [-0.2, -0.15) is 5.10 Å². The van der Waals surface area contributed by atoms with Crippen molar-refractivity contribution in [2.45, 2.75) is 40.0 Å². The average molecular weight is 540 g/mol. The van der Waals surface area contributed by atoms with Crippen LogP contribution in [0.3, 0.4) is 0 Å². The van der Waals surface area contributed by atoms with Gasteiger partial charge in [0.05, 0.1) is 18.5 Å². The van der Waals surface area contributed by atoms with Crippen LogP contribution in [0.1, 0.15) is 44.4 Å². The van der Waals surface area contributed by atoms with Crippen LogP contribution < -0.4 is 15.4 Å². The molecule has 0 aliphatic rings. The summed E-state index contributed by atoms with van der Waals surface area (Å²) < 4.78 is 7.02. The van der Waals surface area contributed by atoms with Crippen LogP contribution in [0.5, 0.6) is 5.75 Å². The highest BCUT2D eigenvalue weighted by Crippen LogP contribution is 2.33. The Morgan fingerprint density at radius 3 is 2.23 bits per heavy atom. The minimum atomic E-state index is -0.322. The summed E-state index contributed by atoms with van der Waals surface area (Å²) in [5.41, 5.74) is 5.18. The molecule has 0 radical (unpaired) electrons. The summed E-state index contributed by atoms with van der Waals surface area (Å²) in [5.74, 6) is 1.35. The summed E-state index contributed by atoms with van der Waals surface area (Å²) >= 11 is 0. The number of aromatic nitrogens is 2.